The van der Waals surface area contributed by atoms with E-state index in [1.807, 2.05) is 35.0 Å². The second kappa shape index (κ2) is 8.71. The summed E-state index contributed by atoms with van der Waals surface area (Å²) in [6.45, 7) is 0. The molecule has 1 saturated carbocycles. The lowest BCUT2D eigenvalue weighted by Crippen LogP contribution is -2.20. The highest BCUT2D eigenvalue weighted by molar-refractivity contribution is 5.90. The molecule has 1 fully saturated rings. The van der Waals surface area contributed by atoms with Crippen LogP contribution in [0.4, 0.5) is 21.8 Å². The van der Waals surface area contributed by atoms with Crippen molar-refractivity contribution < 1.29 is 4.39 Å². The Bertz CT molecular complexity index is 1150. The van der Waals surface area contributed by atoms with E-state index >= 15 is 0 Å². The van der Waals surface area contributed by atoms with Crippen LogP contribution in [0.1, 0.15) is 38.5 Å². The Balaban J connectivity index is 1.56. The first-order valence-electron chi connectivity index (χ1n) is 10.9. The Morgan fingerprint density at radius 3 is 2.35 bits per heavy atom. The maximum Gasteiger partial charge on any atom is 0.226 e. The number of para-hydroxylation sites is 1. The molecule has 0 atom stereocenters. The Kier molecular flexibility index (Phi) is 5.48. The van der Waals surface area contributed by atoms with Crippen molar-refractivity contribution in [3.05, 3.63) is 66.6 Å². The van der Waals surface area contributed by atoms with Gasteiger partial charge in [0, 0.05) is 11.7 Å². The summed E-state index contributed by atoms with van der Waals surface area (Å²) in [7, 11) is 0. The summed E-state index contributed by atoms with van der Waals surface area (Å²) >= 11 is 0. The van der Waals surface area contributed by atoms with Crippen LogP contribution in [0.5, 0.6) is 0 Å². The van der Waals surface area contributed by atoms with Gasteiger partial charge >= 0.3 is 0 Å². The largest absolute Gasteiger partial charge is 0.351 e. The zero-order valence-corrected chi connectivity index (χ0v) is 17.3. The van der Waals surface area contributed by atoms with Crippen molar-refractivity contribution in [1.29, 1.82) is 0 Å². The van der Waals surface area contributed by atoms with Gasteiger partial charge in [0.1, 0.15) is 11.6 Å². The number of hydrogen-bond donors (Lipinski definition) is 2. The number of anilines is 3. The summed E-state index contributed by atoms with van der Waals surface area (Å²) in [5.41, 5.74) is 2.42. The third kappa shape index (κ3) is 4.35. The molecule has 0 amide bonds. The molecule has 2 aromatic carbocycles. The lowest BCUT2D eigenvalue weighted by molar-refractivity contribution is 0.615. The standard InChI is InChI=1S/C24H25FN6/c25-17-12-14-19(15-13-17)27-22-21-16-26-31(20-10-6-3-7-11-20)23(21)30-24(29-22)28-18-8-4-1-2-5-9-18/h3,6-7,10-16,18H,1-2,4-5,8-9H2,(H2,27,28,29,30). The van der Waals surface area contributed by atoms with Crippen molar-refractivity contribution in [2.24, 2.45) is 0 Å². The van der Waals surface area contributed by atoms with Gasteiger partial charge < -0.3 is 10.6 Å². The summed E-state index contributed by atoms with van der Waals surface area (Å²) < 4.78 is 15.2. The molecule has 6 nitrogen and oxygen atoms in total. The van der Waals surface area contributed by atoms with Crippen LogP contribution in [-0.4, -0.2) is 25.8 Å². The average molecular weight is 417 g/mol. The highest BCUT2D eigenvalue weighted by Crippen LogP contribution is 2.28. The number of rotatable bonds is 5. The SMILES string of the molecule is Fc1ccc(Nc2nc(NC3CCCCCC3)nc3c2cnn3-c2ccccc2)cc1. The Morgan fingerprint density at radius 1 is 0.871 bits per heavy atom. The van der Waals surface area contributed by atoms with Crippen molar-refractivity contribution in [3.8, 4) is 5.69 Å². The van der Waals surface area contributed by atoms with Crippen LogP contribution in [0.3, 0.4) is 0 Å². The molecule has 5 rings (SSSR count). The molecule has 31 heavy (non-hydrogen) atoms. The molecule has 0 saturated heterocycles. The smallest absolute Gasteiger partial charge is 0.226 e. The van der Waals surface area contributed by atoms with Crippen LogP contribution in [0.15, 0.2) is 60.8 Å². The lowest BCUT2D eigenvalue weighted by Gasteiger charge is -2.17. The zero-order chi connectivity index (χ0) is 21.0. The van der Waals surface area contributed by atoms with Crippen molar-refractivity contribution in [3.63, 3.8) is 0 Å². The van der Waals surface area contributed by atoms with Gasteiger partial charge in [0.2, 0.25) is 5.95 Å². The van der Waals surface area contributed by atoms with Gasteiger partial charge in [-0.15, -0.1) is 0 Å². The van der Waals surface area contributed by atoms with E-state index in [0.29, 0.717) is 17.8 Å². The van der Waals surface area contributed by atoms with Crippen LogP contribution < -0.4 is 10.6 Å². The third-order valence-corrected chi connectivity index (χ3v) is 5.72. The molecule has 2 aromatic heterocycles. The number of nitrogens with zero attached hydrogens (tertiary/aromatic N) is 4. The van der Waals surface area contributed by atoms with Gasteiger partial charge in [0.05, 0.1) is 17.3 Å². The molecule has 0 unspecified atom stereocenters. The predicted octanol–water partition coefficient (Wildman–Crippen LogP) is 5.83. The fraction of sp³-hybridized carbons (Fsp3) is 0.292. The van der Waals surface area contributed by atoms with Crippen LogP contribution in [0, 0.1) is 5.82 Å². The van der Waals surface area contributed by atoms with E-state index in [1.54, 1.807) is 18.3 Å². The second-order valence-corrected chi connectivity index (χ2v) is 7.99. The average Bonchev–Trinajstić information content (AvgIpc) is 3.05. The van der Waals surface area contributed by atoms with Gasteiger partial charge in [-0.1, -0.05) is 43.9 Å². The first-order chi connectivity index (χ1) is 15.3. The second-order valence-electron chi connectivity index (χ2n) is 7.99. The number of aromatic nitrogens is 4. The fourth-order valence-corrected chi connectivity index (χ4v) is 4.10. The van der Waals surface area contributed by atoms with E-state index in [9.17, 15) is 4.39 Å². The highest BCUT2D eigenvalue weighted by atomic mass is 19.1. The topological polar surface area (TPSA) is 67.7 Å². The van der Waals surface area contributed by atoms with E-state index < -0.39 is 0 Å². The minimum absolute atomic E-state index is 0.272. The summed E-state index contributed by atoms with van der Waals surface area (Å²) in [6.07, 6.45) is 9.04. The molecule has 1 aliphatic rings. The normalized spacial score (nSPS) is 15.0. The van der Waals surface area contributed by atoms with Gasteiger partial charge in [-0.25, -0.2) is 9.07 Å². The van der Waals surface area contributed by atoms with E-state index in [4.69, 9.17) is 9.97 Å². The molecule has 0 spiro atoms. The Hall–Kier alpha value is -3.48. The predicted molar refractivity (Wildman–Crippen MR) is 121 cm³/mol. The molecular weight excluding hydrogens is 391 g/mol. The Labute approximate surface area is 180 Å². The zero-order valence-electron chi connectivity index (χ0n) is 17.3. The van der Waals surface area contributed by atoms with E-state index in [2.05, 4.69) is 15.7 Å². The maximum atomic E-state index is 13.4. The van der Waals surface area contributed by atoms with Crippen LogP contribution in [0.2, 0.25) is 0 Å². The molecule has 0 radical (unpaired) electrons. The third-order valence-electron chi connectivity index (χ3n) is 5.72. The van der Waals surface area contributed by atoms with Gasteiger partial charge in [0.15, 0.2) is 5.65 Å². The molecule has 0 aliphatic heterocycles. The maximum absolute atomic E-state index is 13.4. The number of fused-ring (bicyclic) bond motifs is 1. The quantitative estimate of drug-likeness (QED) is 0.401. The van der Waals surface area contributed by atoms with Crippen molar-refractivity contribution >= 4 is 28.5 Å². The summed E-state index contributed by atoms with van der Waals surface area (Å²) in [5, 5.41) is 12.2. The molecule has 2 N–H and O–H groups in total. The van der Waals surface area contributed by atoms with E-state index in [0.717, 1.165) is 35.2 Å². The summed E-state index contributed by atoms with van der Waals surface area (Å²) in [4.78, 5) is 9.60. The Morgan fingerprint density at radius 2 is 1.61 bits per heavy atom. The molecule has 158 valence electrons. The van der Waals surface area contributed by atoms with E-state index in [-0.39, 0.29) is 5.82 Å². The van der Waals surface area contributed by atoms with Gasteiger partial charge in [0.25, 0.3) is 0 Å². The minimum Gasteiger partial charge on any atom is -0.351 e. The number of halogens is 1. The van der Waals surface area contributed by atoms with E-state index in [1.165, 1.54) is 37.8 Å². The summed E-state index contributed by atoms with van der Waals surface area (Å²) in [6, 6.07) is 16.6. The van der Waals surface area contributed by atoms with Crippen LogP contribution in [-0.2, 0) is 0 Å². The highest BCUT2D eigenvalue weighted by Gasteiger charge is 2.18. The molecule has 1 aliphatic carbocycles. The monoisotopic (exact) mass is 416 g/mol. The fourth-order valence-electron chi connectivity index (χ4n) is 4.10. The first kappa shape index (κ1) is 19.5. The van der Waals surface area contributed by atoms with Gasteiger partial charge in [-0.2, -0.15) is 15.1 Å². The number of hydrogen-bond acceptors (Lipinski definition) is 5. The summed E-state index contributed by atoms with van der Waals surface area (Å²) in [5.74, 6) is 0.961. The first-order valence-corrected chi connectivity index (χ1v) is 10.9. The van der Waals surface area contributed by atoms with Gasteiger partial charge in [-0.05, 0) is 49.2 Å². The van der Waals surface area contributed by atoms with Crippen molar-refractivity contribution in [1.82, 2.24) is 19.7 Å². The number of benzene rings is 2. The van der Waals surface area contributed by atoms with Crippen LogP contribution >= 0.6 is 0 Å². The van der Waals surface area contributed by atoms with Gasteiger partial charge in [-0.3, -0.25) is 0 Å². The molecule has 7 heteroatoms. The van der Waals surface area contributed by atoms with Crippen LogP contribution in [0.25, 0.3) is 16.7 Å². The van der Waals surface area contributed by atoms with Crippen molar-refractivity contribution in [2.45, 2.75) is 44.6 Å². The molecule has 0 bridgehead atoms. The minimum atomic E-state index is -0.272. The lowest BCUT2D eigenvalue weighted by atomic mass is 10.1. The number of nitrogens with one attached hydrogen (secondary N) is 2. The molecule has 2 heterocycles. The van der Waals surface area contributed by atoms with Crippen molar-refractivity contribution in [2.75, 3.05) is 10.6 Å². The molecule has 4 aromatic rings. The molecular formula is C24H25FN6.